The Balaban J connectivity index is 1.68. The number of ketones is 1. The number of hydrogen-bond donors (Lipinski definition) is 1. The third-order valence-electron chi connectivity index (χ3n) is 4.68. The third-order valence-corrected chi connectivity index (χ3v) is 4.68. The van der Waals surface area contributed by atoms with Gasteiger partial charge in [0.05, 0.1) is 12.0 Å². The molecule has 0 radical (unpaired) electrons. The van der Waals surface area contributed by atoms with Crippen LogP contribution in [0.4, 0.5) is 8.78 Å². The highest BCUT2D eigenvalue weighted by atomic mass is 19.3. The number of amides is 1. The summed E-state index contributed by atoms with van der Waals surface area (Å²) in [7, 11) is 1.36. The van der Waals surface area contributed by atoms with Crippen LogP contribution in [-0.4, -0.2) is 28.0 Å². The van der Waals surface area contributed by atoms with Crippen LogP contribution in [0.5, 0.6) is 0 Å². The summed E-state index contributed by atoms with van der Waals surface area (Å²) >= 11 is 0. The average molecular weight is 347 g/mol. The molecule has 1 aliphatic rings. The van der Waals surface area contributed by atoms with Gasteiger partial charge in [-0.2, -0.15) is 5.10 Å². The molecule has 1 heterocycles. The second-order valence-corrected chi connectivity index (χ2v) is 6.38. The second kappa shape index (κ2) is 6.38. The van der Waals surface area contributed by atoms with Gasteiger partial charge in [0.15, 0.2) is 0 Å². The fourth-order valence-corrected chi connectivity index (χ4v) is 3.10. The number of halogens is 2. The summed E-state index contributed by atoms with van der Waals surface area (Å²) in [4.78, 5) is 24.7. The number of Topliss-reactive ketones (excluding diaryl/α,β-unsaturated/α-hetero) is 1. The lowest BCUT2D eigenvalue weighted by atomic mass is 9.91. The van der Waals surface area contributed by atoms with Crippen LogP contribution in [0.25, 0.3) is 0 Å². The van der Waals surface area contributed by atoms with E-state index in [0.29, 0.717) is 0 Å². The van der Waals surface area contributed by atoms with Crippen LogP contribution in [0, 0.1) is 6.92 Å². The molecule has 0 spiro atoms. The van der Waals surface area contributed by atoms with Crippen LogP contribution >= 0.6 is 0 Å². The maximum Gasteiger partial charge on any atom is 0.280 e. The van der Waals surface area contributed by atoms with E-state index in [1.807, 2.05) is 31.2 Å². The van der Waals surface area contributed by atoms with Gasteiger partial charge in [-0.1, -0.05) is 24.3 Å². The van der Waals surface area contributed by atoms with Crippen molar-refractivity contribution in [1.82, 2.24) is 15.1 Å². The maximum atomic E-state index is 12.8. The molecule has 1 aromatic carbocycles. The smallest absolute Gasteiger partial charge is 0.280 e. The highest BCUT2D eigenvalue weighted by Crippen LogP contribution is 2.49. The van der Waals surface area contributed by atoms with Gasteiger partial charge in [0.1, 0.15) is 11.4 Å². The minimum atomic E-state index is -2.70. The van der Waals surface area contributed by atoms with Crippen LogP contribution in [0.2, 0.25) is 0 Å². The van der Waals surface area contributed by atoms with Crippen LogP contribution in [0.1, 0.15) is 46.6 Å². The van der Waals surface area contributed by atoms with Gasteiger partial charge in [0.2, 0.25) is 11.7 Å². The summed E-state index contributed by atoms with van der Waals surface area (Å²) in [6, 6.07) is 8.75. The van der Waals surface area contributed by atoms with Gasteiger partial charge < -0.3 is 5.32 Å². The first-order valence-corrected chi connectivity index (χ1v) is 8.05. The number of carbonyl (C=O) groups is 2. The van der Waals surface area contributed by atoms with Crippen molar-refractivity contribution in [2.75, 3.05) is 6.54 Å². The first kappa shape index (κ1) is 17.3. The molecule has 1 aliphatic carbocycles. The van der Waals surface area contributed by atoms with Crippen molar-refractivity contribution < 1.29 is 18.4 Å². The molecule has 5 nitrogen and oxygen atoms in total. The maximum absolute atomic E-state index is 12.8. The SMILES string of the molecule is Cc1ccccc1C1(C(=O)NCC(=O)c2cc(C(F)F)n(C)n2)CC1. The number of nitrogens with zero attached hydrogens (tertiary/aromatic N) is 2. The van der Waals surface area contributed by atoms with Crippen molar-refractivity contribution in [1.29, 1.82) is 0 Å². The Bertz CT molecular complexity index is 825. The molecule has 0 atom stereocenters. The minimum Gasteiger partial charge on any atom is -0.348 e. The number of alkyl halides is 2. The number of aromatic nitrogens is 2. The summed E-state index contributed by atoms with van der Waals surface area (Å²) in [6.45, 7) is 1.69. The molecule has 3 rings (SSSR count). The van der Waals surface area contributed by atoms with Crippen molar-refractivity contribution in [3.05, 3.63) is 52.8 Å². The fraction of sp³-hybridized carbons (Fsp3) is 0.389. The zero-order chi connectivity index (χ0) is 18.2. The van der Waals surface area contributed by atoms with E-state index >= 15 is 0 Å². The molecule has 0 unspecified atom stereocenters. The molecule has 1 aromatic heterocycles. The lowest BCUT2D eigenvalue weighted by Gasteiger charge is -2.17. The molecule has 25 heavy (non-hydrogen) atoms. The molecule has 1 N–H and O–H groups in total. The van der Waals surface area contributed by atoms with Gasteiger partial charge in [-0.05, 0) is 37.0 Å². The molecule has 0 aliphatic heterocycles. The minimum absolute atomic E-state index is 0.0705. The predicted molar refractivity (Wildman–Crippen MR) is 87.6 cm³/mol. The Morgan fingerprint density at radius 3 is 2.56 bits per heavy atom. The standard InChI is InChI=1S/C18H19F2N3O2/c1-11-5-3-4-6-12(11)18(7-8-18)17(25)21-10-15(24)13-9-14(16(19)20)23(2)22-13/h3-6,9,16H,7-8,10H2,1-2H3,(H,21,25). The molecule has 1 saturated carbocycles. The molecular weight excluding hydrogens is 328 g/mol. The predicted octanol–water partition coefficient (Wildman–Crippen LogP) is 2.70. The summed E-state index contributed by atoms with van der Waals surface area (Å²) < 4.78 is 26.5. The largest absolute Gasteiger partial charge is 0.348 e. The van der Waals surface area contributed by atoms with Gasteiger partial charge in [-0.3, -0.25) is 14.3 Å². The topological polar surface area (TPSA) is 64.0 Å². The molecule has 1 fully saturated rings. The molecule has 2 aromatic rings. The first-order chi connectivity index (χ1) is 11.8. The molecular formula is C18H19F2N3O2. The Kier molecular flexibility index (Phi) is 4.41. The second-order valence-electron chi connectivity index (χ2n) is 6.38. The van der Waals surface area contributed by atoms with E-state index in [0.717, 1.165) is 34.7 Å². The zero-order valence-corrected chi connectivity index (χ0v) is 14.1. The highest BCUT2D eigenvalue weighted by Gasteiger charge is 2.51. The van der Waals surface area contributed by atoms with E-state index in [-0.39, 0.29) is 23.8 Å². The van der Waals surface area contributed by atoms with Gasteiger partial charge >= 0.3 is 0 Å². The van der Waals surface area contributed by atoms with Crippen molar-refractivity contribution >= 4 is 11.7 Å². The normalized spacial score (nSPS) is 15.2. The quantitative estimate of drug-likeness (QED) is 0.817. The highest BCUT2D eigenvalue weighted by molar-refractivity contribution is 6.00. The average Bonchev–Trinajstić information content (AvgIpc) is 3.28. The van der Waals surface area contributed by atoms with E-state index in [9.17, 15) is 18.4 Å². The van der Waals surface area contributed by atoms with E-state index in [2.05, 4.69) is 10.4 Å². The Morgan fingerprint density at radius 1 is 1.32 bits per heavy atom. The van der Waals surface area contributed by atoms with Crippen LogP contribution in [0.15, 0.2) is 30.3 Å². The van der Waals surface area contributed by atoms with Gasteiger partial charge in [0.25, 0.3) is 6.43 Å². The lowest BCUT2D eigenvalue weighted by Crippen LogP contribution is -2.38. The Hall–Kier alpha value is -2.57. The monoisotopic (exact) mass is 347 g/mol. The van der Waals surface area contributed by atoms with E-state index in [1.54, 1.807) is 0 Å². The molecule has 7 heteroatoms. The molecule has 1 amide bonds. The molecule has 132 valence electrons. The van der Waals surface area contributed by atoms with Crippen molar-refractivity contribution in [2.45, 2.75) is 31.6 Å². The summed E-state index contributed by atoms with van der Waals surface area (Å²) in [5, 5.41) is 6.44. The molecule has 0 bridgehead atoms. The summed E-state index contributed by atoms with van der Waals surface area (Å²) in [6.07, 6.45) is -1.24. The zero-order valence-electron chi connectivity index (χ0n) is 14.1. The number of aryl methyl sites for hydroxylation is 2. The van der Waals surface area contributed by atoms with Crippen LogP contribution in [0.3, 0.4) is 0 Å². The van der Waals surface area contributed by atoms with Crippen LogP contribution < -0.4 is 5.32 Å². The summed E-state index contributed by atoms with van der Waals surface area (Å²) in [5.41, 5.74) is 1.03. The first-order valence-electron chi connectivity index (χ1n) is 8.05. The number of rotatable bonds is 6. The van der Waals surface area contributed by atoms with E-state index < -0.39 is 17.6 Å². The van der Waals surface area contributed by atoms with Crippen molar-refractivity contribution in [2.24, 2.45) is 7.05 Å². The van der Waals surface area contributed by atoms with Crippen molar-refractivity contribution in [3.63, 3.8) is 0 Å². The van der Waals surface area contributed by atoms with Crippen LogP contribution in [-0.2, 0) is 17.3 Å². The van der Waals surface area contributed by atoms with Gasteiger partial charge in [0, 0.05) is 7.05 Å². The lowest BCUT2D eigenvalue weighted by molar-refractivity contribution is -0.123. The molecule has 0 saturated heterocycles. The van der Waals surface area contributed by atoms with Gasteiger partial charge in [-0.15, -0.1) is 0 Å². The third kappa shape index (κ3) is 3.18. The number of nitrogens with one attached hydrogen (secondary N) is 1. The fourth-order valence-electron chi connectivity index (χ4n) is 3.10. The van der Waals surface area contributed by atoms with Gasteiger partial charge in [-0.25, -0.2) is 8.78 Å². The Labute approximate surface area is 144 Å². The van der Waals surface area contributed by atoms with Crippen molar-refractivity contribution in [3.8, 4) is 0 Å². The Morgan fingerprint density at radius 2 is 2.00 bits per heavy atom. The number of hydrogen-bond acceptors (Lipinski definition) is 3. The number of benzene rings is 1. The van der Waals surface area contributed by atoms with E-state index in [1.165, 1.54) is 7.05 Å². The van der Waals surface area contributed by atoms with E-state index in [4.69, 9.17) is 0 Å². The summed E-state index contributed by atoms with van der Waals surface area (Å²) in [5.74, 6) is -0.698. The number of carbonyl (C=O) groups excluding carboxylic acids is 2.